The molecule has 0 atom stereocenters. The molecule has 1 aliphatic rings. The molecule has 3 heterocycles. The number of aromatic nitrogens is 2. The normalized spacial score (nSPS) is 12.2. The van der Waals surface area contributed by atoms with E-state index in [9.17, 15) is 4.79 Å². The van der Waals surface area contributed by atoms with Crippen LogP contribution in [0.4, 0.5) is 0 Å². The first-order chi connectivity index (χ1) is 12.2. The highest BCUT2D eigenvalue weighted by molar-refractivity contribution is 7.07. The first kappa shape index (κ1) is 15.9. The minimum atomic E-state index is -0.0261. The molecule has 5 nitrogen and oxygen atoms in total. The molecule has 4 rings (SSSR count). The monoisotopic (exact) mass is 353 g/mol. The van der Waals surface area contributed by atoms with Crippen LogP contribution in [-0.2, 0) is 24.4 Å². The Labute approximate surface area is 150 Å². The van der Waals surface area contributed by atoms with E-state index in [4.69, 9.17) is 4.74 Å². The number of aryl methyl sites for hydroxylation is 1. The van der Waals surface area contributed by atoms with Crippen molar-refractivity contribution in [2.24, 2.45) is 0 Å². The summed E-state index contributed by atoms with van der Waals surface area (Å²) in [6.07, 6.45) is 2.64. The second kappa shape index (κ2) is 6.72. The molecular weight excluding hydrogens is 334 g/mol. The lowest BCUT2D eigenvalue weighted by molar-refractivity contribution is -0.121. The Kier molecular flexibility index (Phi) is 4.28. The average Bonchev–Trinajstić information content (AvgIpc) is 3.25. The Morgan fingerprint density at radius 3 is 3.16 bits per heavy atom. The number of fused-ring (bicyclic) bond motifs is 3. The van der Waals surface area contributed by atoms with Crippen molar-refractivity contribution in [3.8, 4) is 17.0 Å². The van der Waals surface area contributed by atoms with Gasteiger partial charge in [0.25, 0.3) is 0 Å². The van der Waals surface area contributed by atoms with Crippen LogP contribution in [0.1, 0.15) is 16.7 Å². The standard InChI is InChI=1S/C19H19N3O2S/c1-13-2-3-17-16(8-13)19-15(11-24-17)9-21-22(19)10-18(23)20-6-4-14-5-7-25-12-14/h2-3,5,7-9,12H,4,6,10-11H2,1H3,(H,20,23). The summed E-state index contributed by atoms with van der Waals surface area (Å²) in [5.74, 6) is 0.819. The smallest absolute Gasteiger partial charge is 0.241 e. The summed E-state index contributed by atoms with van der Waals surface area (Å²) >= 11 is 1.67. The molecule has 0 spiro atoms. The van der Waals surface area contributed by atoms with Gasteiger partial charge in [0.15, 0.2) is 0 Å². The summed E-state index contributed by atoms with van der Waals surface area (Å²) in [7, 11) is 0. The van der Waals surface area contributed by atoms with E-state index in [1.165, 1.54) is 5.56 Å². The largest absolute Gasteiger partial charge is 0.488 e. The van der Waals surface area contributed by atoms with Gasteiger partial charge < -0.3 is 10.1 Å². The van der Waals surface area contributed by atoms with Crippen molar-refractivity contribution in [2.45, 2.75) is 26.5 Å². The number of nitrogens with one attached hydrogen (secondary N) is 1. The fourth-order valence-corrected chi connectivity index (χ4v) is 3.75. The number of ether oxygens (including phenoxy) is 1. The lowest BCUT2D eigenvalue weighted by atomic mass is 10.0. The quantitative estimate of drug-likeness (QED) is 0.766. The summed E-state index contributed by atoms with van der Waals surface area (Å²) in [6, 6.07) is 8.17. The Morgan fingerprint density at radius 2 is 2.32 bits per heavy atom. The van der Waals surface area contributed by atoms with Crippen LogP contribution in [0.2, 0.25) is 0 Å². The van der Waals surface area contributed by atoms with E-state index < -0.39 is 0 Å². The molecule has 0 saturated carbocycles. The fraction of sp³-hybridized carbons (Fsp3) is 0.263. The molecule has 0 saturated heterocycles. The zero-order valence-corrected chi connectivity index (χ0v) is 14.8. The van der Waals surface area contributed by atoms with E-state index in [2.05, 4.69) is 33.3 Å². The van der Waals surface area contributed by atoms with Crippen molar-refractivity contribution in [3.63, 3.8) is 0 Å². The highest BCUT2D eigenvalue weighted by Gasteiger charge is 2.23. The minimum Gasteiger partial charge on any atom is -0.488 e. The molecule has 6 heteroatoms. The third kappa shape index (κ3) is 3.30. The van der Waals surface area contributed by atoms with Crippen LogP contribution in [0.5, 0.6) is 5.75 Å². The molecule has 0 bridgehead atoms. The lowest BCUT2D eigenvalue weighted by Crippen LogP contribution is -2.30. The number of hydrogen-bond acceptors (Lipinski definition) is 4. The van der Waals surface area contributed by atoms with Crippen molar-refractivity contribution in [3.05, 3.63) is 57.9 Å². The third-order valence-electron chi connectivity index (χ3n) is 4.30. The molecule has 2 aromatic heterocycles. The molecule has 1 aromatic carbocycles. The highest BCUT2D eigenvalue weighted by atomic mass is 32.1. The Bertz CT molecular complexity index is 900. The Morgan fingerprint density at radius 1 is 1.40 bits per heavy atom. The van der Waals surface area contributed by atoms with Crippen LogP contribution in [-0.4, -0.2) is 22.2 Å². The van der Waals surface area contributed by atoms with Crippen molar-refractivity contribution in [1.29, 1.82) is 0 Å². The maximum atomic E-state index is 12.3. The molecule has 25 heavy (non-hydrogen) atoms. The van der Waals surface area contributed by atoms with E-state index in [-0.39, 0.29) is 12.5 Å². The number of nitrogens with zero attached hydrogens (tertiary/aromatic N) is 2. The summed E-state index contributed by atoms with van der Waals surface area (Å²) in [5, 5.41) is 11.5. The van der Waals surface area contributed by atoms with Gasteiger partial charge in [-0.2, -0.15) is 16.4 Å². The number of thiophene rings is 1. The first-order valence-corrected chi connectivity index (χ1v) is 9.21. The third-order valence-corrected chi connectivity index (χ3v) is 5.03. The van der Waals surface area contributed by atoms with Gasteiger partial charge in [-0.1, -0.05) is 11.6 Å². The van der Waals surface area contributed by atoms with E-state index in [0.29, 0.717) is 13.2 Å². The van der Waals surface area contributed by atoms with Gasteiger partial charge in [-0.25, -0.2) is 0 Å². The fourth-order valence-electron chi connectivity index (χ4n) is 3.04. The van der Waals surface area contributed by atoms with Gasteiger partial charge >= 0.3 is 0 Å². The molecule has 0 unspecified atom stereocenters. The van der Waals surface area contributed by atoms with Crippen LogP contribution >= 0.6 is 11.3 Å². The molecule has 0 radical (unpaired) electrons. The van der Waals surface area contributed by atoms with Crippen LogP contribution in [0.3, 0.4) is 0 Å². The van der Waals surface area contributed by atoms with Crippen LogP contribution in [0.25, 0.3) is 11.3 Å². The van der Waals surface area contributed by atoms with Crippen LogP contribution < -0.4 is 10.1 Å². The zero-order valence-electron chi connectivity index (χ0n) is 14.0. The predicted octanol–water partition coefficient (Wildman–Crippen LogP) is 3.17. The van der Waals surface area contributed by atoms with Gasteiger partial charge in [-0.3, -0.25) is 9.48 Å². The van der Waals surface area contributed by atoms with Crippen molar-refractivity contribution < 1.29 is 9.53 Å². The maximum absolute atomic E-state index is 12.3. The molecule has 3 aromatic rings. The van der Waals surface area contributed by atoms with Crippen molar-refractivity contribution in [2.75, 3.05) is 6.54 Å². The number of amides is 1. The van der Waals surface area contributed by atoms with Gasteiger partial charge in [-0.15, -0.1) is 0 Å². The molecule has 1 aliphatic heterocycles. The van der Waals surface area contributed by atoms with Gasteiger partial charge in [0, 0.05) is 17.7 Å². The minimum absolute atomic E-state index is 0.0261. The van der Waals surface area contributed by atoms with E-state index in [1.54, 1.807) is 22.2 Å². The maximum Gasteiger partial charge on any atom is 0.241 e. The zero-order chi connectivity index (χ0) is 17.2. The molecule has 0 aliphatic carbocycles. The number of benzene rings is 1. The molecule has 1 N–H and O–H groups in total. The van der Waals surface area contributed by atoms with Crippen LogP contribution in [0.15, 0.2) is 41.2 Å². The van der Waals surface area contributed by atoms with Gasteiger partial charge in [-0.05, 0) is 47.9 Å². The topological polar surface area (TPSA) is 56.2 Å². The van der Waals surface area contributed by atoms with Gasteiger partial charge in [0.1, 0.15) is 18.9 Å². The van der Waals surface area contributed by atoms with E-state index in [1.807, 2.05) is 19.1 Å². The SMILES string of the molecule is Cc1ccc2c(c1)-c1c(cnn1CC(=O)NCCc1ccsc1)CO2. The summed E-state index contributed by atoms with van der Waals surface area (Å²) in [5.41, 5.74) is 5.42. The number of carbonyl (C=O) groups excluding carboxylic acids is 1. The molecular formula is C19H19N3O2S. The number of carbonyl (C=O) groups is 1. The second-order valence-electron chi connectivity index (χ2n) is 6.20. The van der Waals surface area contributed by atoms with Gasteiger partial charge in [0.05, 0.1) is 11.9 Å². The summed E-state index contributed by atoms with van der Waals surface area (Å²) in [6.45, 7) is 3.39. The average molecular weight is 353 g/mol. The lowest BCUT2D eigenvalue weighted by Gasteiger charge is -2.19. The molecule has 0 fully saturated rings. The Balaban J connectivity index is 1.47. The highest BCUT2D eigenvalue weighted by Crippen LogP contribution is 2.37. The van der Waals surface area contributed by atoms with Crippen molar-refractivity contribution >= 4 is 17.2 Å². The first-order valence-electron chi connectivity index (χ1n) is 8.27. The predicted molar refractivity (Wildman–Crippen MR) is 97.8 cm³/mol. The van der Waals surface area contributed by atoms with Gasteiger partial charge in [0.2, 0.25) is 5.91 Å². The number of rotatable bonds is 5. The Hall–Kier alpha value is -2.60. The van der Waals surface area contributed by atoms with E-state index >= 15 is 0 Å². The molecule has 1 amide bonds. The summed E-state index contributed by atoms with van der Waals surface area (Å²) in [4.78, 5) is 12.3. The van der Waals surface area contributed by atoms with Crippen LogP contribution in [0, 0.1) is 6.92 Å². The van der Waals surface area contributed by atoms with E-state index in [0.717, 1.165) is 34.6 Å². The second-order valence-corrected chi connectivity index (χ2v) is 6.98. The molecule has 128 valence electrons. The van der Waals surface area contributed by atoms with Crippen molar-refractivity contribution in [1.82, 2.24) is 15.1 Å². The number of hydrogen-bond donors (Lipinski definition) is 1. The summed E-state index contributed by atoms with van der Waals surface area (Å²) < 4.78 is 7.55.